The second-order valence-electron chi connectivity index (χ2n) is 5.09. The Kier molecular flexibility index (Phi) is 4.80. The summed E-state index contributed by atoms with van der Waals surface area (Å²) >= 11 is 1.66. The van der Waals surface area contributed by atoms with E-state index >= 15 is 0 Å². The number of rotatable bonds is 6. The predicted octanol–water partition coefficient (Wildman–Crippen LogP) is 2.44. The number of aliphatic hydroxyl groups is 1. The lowest BCUT2D eigenvalue weighted by Gasteiger charge is -2.22. The standard InChI is InChI=1S/C15H20N2OS/c1-15(18,11-19-2)10-17-8-12-3-4-14-9-16-6-5-13(14)7-12/h3-7,9,17-18H,8,10-11H2,1-2H3. The maximum absolute atomic E-state index is 10.1. The van der Waals surface area contributed by atoms with E-state index in [0.717, 1.165) is 17.7 Å². The third kappa shape index (κ3) is 4.20. The number of thioether (sulfide) groups is 1. The number of aromatic nitrogens is 1. The van der Waals surface area contributed by atoms with Gasteiger partial charge in [0.05, 0.1) is 5.60 Å². The molecule has 1 atom stereocenters. The van der Waals surface area contributed by atoms with Crippen LogP contribution < -0.4 is 5.32 Å². The van der Waals surface area contributed by atoms with Crippen molar-refractivity contribution in [1.29, 1.82) is 0 Å². The quantitative estimate of drug-likeness (QED) is 0.850. The Hall–Kier alpha value is -1.10. The van der Waals surface area contributed by atoms with Crippen LogP contribution in [0.25, 0.3) is 10.8 Å². The maximum Gasteiger partial charge on any atom is 0.0833 e. The van der Waals surface area contributed by atoms with Crippen LogP contribution in [-0.4, -0.2) is 34.2 Å². The fourth-order valence-electron chi connectivity index (χ4n) is 2.08. The van der Waals surface area contributed by atoms with Crippen LogP contribution >= 0.6 is 11.8 Å². The van der Waals surface area contributed by atoms with Crippen molar-refractivity contribution in [2.75, 3.05) is 18.6 Å². The van der Waals surface area contributed by atoms with Crippen LogP contribution in [0.1, 0.15) is 12.5 Å². The highest BCUT2D eigenvalue weighted by Crippen LogP contribution is 2.15. The van der Waals surface area contributed by atoms with E-state index in [1.165, 1.54) is 10.9 Å². The van der Waals surface area contributed by atoms with Crippen LogP contribution in [0.15, 0.2) is 36.7 Å². The summed E-state index contributed by atoms with van der Waals surface area (Å²) in [6.07, 6.45) is 5.68. The molecule has 1 aromatic heterocycles. The van der Waals surface area contributed by atoms with Crippen molar-refractivity contribution in [2.24, 2.45) is 0 Å². The molecule has 0 spiro atoms. The first-order valence-corrected chi connectivity index (χ1v) is 7.75. The van der Waals surface area contributed by atoms with Gasteiger partial charge in [-0.3, -0.25) is 4.98 Å². The molecule has 0 amide bonds. The Morgan fingerprint density at radius 1 is 1.32 bits per heavy atom. The minimum Gasteiger partial charge on any atom is -0.388 e. The van der Waals surface area contributed by atoms with Crippen LogP contribution in [0.2, 0.25) is 0 Å². The second-order valence-corrected chi connectivity index (χ2v) is 5.96. The molecule has 0 aliphatic heterocycles. The second kappa shape index (κ2) is 6.37. The first-order chi connectivity index (χ1) is 9.11. The summed E-state index contributed by atoms with van der Waals surface area (Å²) in [6.45, 7) is 3.23. The van der Waals surface area contributed by atoms with Gasteiger partial charge in [-0.05, 0) is 36.3 Å². The van der Waals surface area contributed by atoms with Crippen molar-refractivity contribution in [3.63, 3.8) is 0 Å². The summed E-state index contributed by atoms with van der Waals surface area (Å²) in [5.74, 6) is 0.739. The molecule has 1 heterocycles. The van der Waals surface area contributed by atoms with Crippen LogP contribution in [-0.2, 0) is 6.54 Å². The molecule has 2 rings (SSSR count). The summed E-state index contributed by atoms with van der Waals surface area (Å²) in [7, 11) is 0. The van der Waals surface area contributed by atoms with Gasteiger partial charge in [-0.15, -0.1) is 0 Å². The number of nitrogens with zero attached hydrogens (tertiary/aromatic N) is 1. The molecule has 0 aliphatic rings. The van der Waals surface area contributed by atoms with Gasteiger partial charge < -0.3 is 10.4 Å². The molecule has 0 aliphatic carbocycles. The lowest BCUT2D eigenvalue weighted by molar-refractivity contribution is 0.0846. The summed E-state index contributed by atoms with van der Waals surface area (Å²) < 4.78 is 0. The van der Waals surface area contributed by atoms with Gasteiger partial charge in [0.25, 0.3) is 0 Å². The molecule has 0 fully saturated rings. The van der Waals surface area contributed by atoms with E-state index < -0.39 is 5.60 Å². The maximum atomic E-state index is 10.1. The highest BCUT2D eigenvalue weighted by molar-refractivity contribution is 7.98. The normalized spacial score (nSPS) is 14.5. The van der Waals surface area contributed by atoms with Crippen molar-refractivity contribution in [3.05, 3.63) is 42.2 Å². The molecule has 2 N–H and O–H groups in total. The molecule has 2 aromatic rings. The number of fused-ring (bicyclic) bond motifs is 1. The van der Waals surface area contributed by atoms with Gasteiger partial charge in [-0.2, -0.15) is 11.8 Å². The van der Waals surface area contributed by atoms with Gasteiger partial charge in [0.2, 0.25) is 0 Å². The molecule has 0 saturated carbocycles. The minimum absolute atomic E-state index is 0.599. The summed E-state index contributed by atoms with van der Waals surface area (Å²) in [5.41, 5.74) is 0.568. The average molecular weight is 276 g/mol. The average Bonchev–Trinajstić information content (AvgIpc) is 2.38. The molecule has 1 unspecified atom stereocenters. The topological polar surface area (TPSA) is 45.1 Å². The Balaban J connectivity index is 1.95. The van der Waals surface area contributed by atoms with Crippen molar-refractivity contribution in [1.82, 2.24) is 10.3 Å². The number of hydrogen-bond acceptors (Lipinski definition) is 4. The lowest BCUT2D eigenvalue weighted by atomic mass is 10.1. The third-order valence-corrected chi connectivity index (χ3v) is 3.91. The molecular weight excluding hydrogens is 256 g/mol. The Morgan fingerprint density at radius 3 is 2.95 bits per heavy atom. The number of pyridine rings is 1. The van der Waals surface area contributed by atoms with Gasteiger partial charge >= 0.3 is 0 Å². The molecule has 0 saturated heterocycles. The third-order valence-electron chi connectivity index (χ3n) is 3.00. The van der Waals surface area contributed by atoms with Gasteiger partial charge in [0.1, 0.15) is 0 Å². The Labute approximate surface area is 118 Å². The summed E-state index contributed by atoms with van der Waals surface area (Å²) in [4.78, 5) is 4.11. The monoisotopic (exact) mass is 276 g/mol. The minimum atomic E-state index is -0.653. The van der Waals surface area contributed by atoms with Crippen LogP contribution in [0, 0.1) is 0 Å². The first kappa shape index (κ1) is 14.3. The largest absolute Gasteiger partial charge is 0.388 e. The zero-order valence-corrected chi connectivity index (χ0v) is 12.2. The Bertz CT molecular complexity index is 542. The van der Waals surface area contributed by atoms with Gasteiger partial charge in [-0.25, -0.2) is 0 Å². The summed E-state index contributed by atoms with van der Waals surface area (Å²) in [6, 6.07) is 8.36. The van der Waals surface area contributed by atoms with Gasteiger partial charge in [0, 0.05) is 36.6 Å². The van der Waals surface area contributed by atoms with Crippen LogP contribution in [0.5, 0.6) is 0 Å². The molecule has 4 heteroatoms. The molecule has 102 valence electrons. The van der Waals surface area contributed by atoms with E-state index in [1.54, 1.807) is 11.8 Å². The van der Waals surface area contributed by atoms with Crippen molar-refractivity contribution in [2.45, 2.75) is 19.1 Å². The summed E-state index contributed by atoms with van der Waals surface area (Å²) in [5, 5.41) is 15.7. The van der Waals surface area contributed by atoms with Crippen molar-refractivity contribution in [3.8, 4) is 0 Å². The highest BCUT2D eigenvalue weighted by atomic mass is 32.2. The molecular formula is C15H20N2OS. The van der Waals surface area contributed by atoms with E-state index in [1.807, 2.05) is 31.6 Å². The van der Waals surface area contributed by atoms with Crippen LogP contribution in [0.3, 0.4) is 0 Å². The van der Waals surface area contributed by atoms with E-state index in [-0.39, 0.29) is 0 Å². The van der Waals surface area contributed by atoms with E-state index in [9.17, 15) is 5.11 Å². The molecule has 0 bridgehead atoms. The fourth-order valence-corrected chi connectivity index (χ4v) is 2.80. The van der Waals surface area contributed by atoms with Crippen molar-refractivity contribution < 1.29 is 5.11 Å². The van der Waals surface area contributed by atoms with Gasteiger partial charge in [-0.1, -0.05) is 12.1 Å². The zero-order chi connectivity index (χ0) is 13.7. The molecule has 1 aromatic carbocycles. The van der Waals surface area contributed by atoms with E-state index in [0.29, 0.717) is 6.54 Å². The lowest BCUT2D eigenvalue weighted by Crippen LogP contribution is -2.39. The first-order valence-electron chi connectivity index (χ1n) is 6.35. The smallest absolute Gasteiger partial charge is 0.0833 e. The predicted molar refractivity (Wildman–Crippen MR) is 82.5 cm³/mol. The van der Waals surface area contributed by atoms with E-state index in [2.05, 4.69) is 28.5 Å². The van der Waals surface area contributed by atoms with Crippen molar-refractivity contribution >= 4 is 22.5 Å². The number of hydrogen-bond donors (Lipinski definition) is 2. The van der Waals surface area contributed by atoms with Gasteiger partial charge in [0.15, 0.2) is 0 Å². The zero-order valence-electron chi connectivity index (χ0n) is 11.4. The number of benzene rings is 1. The molecule has 0 radical (unpaired) electrons. The Morgan fingerprint density at radius 2 is 2.16 bits per heavy atom. The van der Waals surface area contributed by atoms with E-state index in [4.69, 9.17) is 0 Å². The molecule has 3 nitrogen and oxygen atoms in total. The fraction of sp³-hybridized carbons (Fsp3) is 0.400. The number of nitrogens with one attached hydrogen (secondary N) is 1. The highest BCUT2D eigenvalue weighted by Gasteiger charge is 2.18. The SMILES string of the molecule is CSCC(C)(O)CNCc1ccc2cnccc2c1. The molecule has 19 heavy (non-hydrogen) atoms. The van der Waals surface area contributed by atoms with Crippen LogP contribution in [0.4, 0.5) is 0 Å².